The van der Waals surface area contributed by atoms with E-state index < -0.39 is 6.10 Å². The van der Waals surface area contributed by atoms with Gasteiger partial charge in [-0.1, -0.05) is 149 Å². The Kier molecular flexibility index (Phi) is 34.6. The number of hydrogen-bond acceptors (Lipinski definition) is 5. The summed E-state index contributed by atoms with van der Waals surface area (Å²) < 4.78 is 5.86. The summed E-state index contributed by atoms with van der Waals surface area (Å²) in [6, 6.07) is 0. The smallest absolute Gasteiger partial charge is 0.219 e. The minimum atomic E-state index is -0.726. The Morgan fingerprint density at radius 1 is 0.659 bits per heavy atom. The van der Waals surface area contributed by atoms with E-state index in [-0.39, 0.29) is 12.5 Å². The van der Waals surface area contributed by atoms with Crippen molar-refractivity contribution in [3.63, 3.8) is 0 Å². The van der Waals surface area contributed by atoms with Crippen LogP contribution in [0, 0.1) is 5.92 Å². The minimum Gasteiger partial charge on any atom is -0.394 e. The second-order valence-electron chi connectivity index (χ2n) is 13.8. The average molecular weight is 627 g/mol. The third-order valence-electron chi connectivity index (χ3n) is 8.74. The van der Waals surface area contributed by atoms with E-state index in [1.165, 1.54) is 122 Å². The molecule has 0 aromatic carbocycles. The summed E-state index contributed by atoms with van der Waals surface area (Å²) in [5, 5.41) is 22.3. The van der Waals surface area contributed by atoms with Gasteiger partial charge in [-0.25, -0.2) is 0 Å². The van der Waals surface area contributed by atoms with Crippen molar-refractivity contribution in [2.45, 2.75) is 187 Å². The molecular weight excluding hydrogens is 548 g/mol. The maximum Gasteiger partial charge on any atom is 0.219 e. The maximum atomic E-state index is 12.2. The van der Waals surface area contributed by atoms with Crippen molar-refractivity contribution in [3.8, 4) is 0 Å². The number of nitrogens with one attached hydrogen (secondary N) is 1. The number of rotatable bonds is 36. The van der Waals surface area contributed by atoms with Crippen LogP contribution in [-0.4, -0.2) is 73.1 Å². The van der Waals surface area contributed by atoms with Crippen LogP contribution in [0.2, 0.25) is 0 Å². The number of aliphatic hydroxyl groups excluding tert-OH is 2. The number of amides is 1. The predicted octanol–water partition coefficient (Wildman–Crippen LogP) is 9.20. The Morgan fingerprint density at radius 3 is 1.68 bits per heavy atom. The topological polar surface area (TPSA) is 82.0 Å². The molecule has 0 fully saturated rings. The monoisotopic (exact) mass is 627 g/mol. The first-order valence-corrected chi connectivity index (χ1v) is 19.3. The van der Waals surface area contributed by atoms with Crippen LogP contribution in [0.1, 0.15) is 181 Å². The number of aliphatic hydroxyl groups is 2. The fourth-order valence-electron chi connectivity index (χ4n) is 5.88. The van der Waals surface area contributed by atoms with Gasteiger partial charge in [-0.15, -0.1) is 0 Å². The molecule has 1 amide bonds. The number of unbranched alkanes of at least 4 members (excludes halogenated alkanes) is 19. The number of ether oxygens (including phenoxy) is 1. The Hall–Kier alpha value is -0.690. The van der Waals surface area contributed by atoms with Gasteiger partial charge in [0.1, 0.15) is 0 Å². The van der Waals surface area contributed by atoms with Crippen LogP contribution in [-0.2, 0) is 9.53 Å². The van der Waals surface area contributed by atoms with Crippen molar-refractivity contribution in [1.82, 2.24) is 10.2 Å². The van der Waals surface area contributed by atoms with E-state index in [1.807, 2.05) is 0 Å². The Bertz CT molecular complexity index is 575. The first-order valence-electron chi connectivity index (χ1n) is 19.3. The molecule has 44 heavy (non-hydrogen) atoms. The second-order valence-corrected chi connectivity index (χ2v) is 13.8. The van der Waals surface area contributed by atoms with Gasteiger partial charge < -0.3 is 25.2 Å². The van der Waals surface area contributed by atoms with E-state index >= 15 is 0 Å². The lowest BCUT2D eigenvalue weighted by molar-refractivity contribution is -0.121. The highest BCUT2D eigenvalue weighted by Crippen LogP contribution is 2.14. The molecule has 0 aliphatic heterocycles. The van der Waals surface area contributed by atoms with Crippen molar-refractivity contribution >= 4 is 5.91 Å². The van der Waals surface area contributed by atoms with Gasteiger partial charge in [0.2, 0.25) is 5.91 Å². The summed E-state index contributed by atoms with van der Waals surface area (Å²) in [4.78, 5) is 14.4. The van der Waals surface area contributed by atoms with Gasteiger partial charge in [0, 0.05) is 39.3 Å². The van der Waals surface area contributed by atoms with Crippen LogP contribution in [0.5, 0.6) is 0 Å². The Balaban J connectivity index is 3.68. The van der Waals surface area contributed by atoms with Crippen LogP contribution in [0.4, 0.5) is 0 Å². The van der Waals surface area contributed by atoms with Crippen molar-refractivity contribution in [2.75, 3.05) is 46.0 Å². The van der Waals surface area contributed by atoms with Crippen LogP contribution < -0.4 is 5.32 Å². The minimum absolute atomic E-state index is 0.157. The zero-order chi connectivity index (χ0) is 32.4. The largest absolute Gasteiger partial charge is 0.394 e. The van der Waals surface area contributed by atoms with Gasteiger partial charge >= 0.3 is 0 Å². The van der Waals surface area contributed by atoms with Gasteiger partial charge in [0.05, 0.1) is 12.7 Å². The quantitative estimate of drug-likeness (QED) is 0.0604. The molecule has 0 bridgehead atoms. The van der Waals surface area contributed by atoms with Crippen LogP contribution >= 0.6 is 0 Å². The summed E-state index contributed by atoms with van der Waals surface area (Å²) in [6.07, 6.45) is 30.8. The summed E-state index contributed by atoms with van der Waals surface area (Å²) in [7, 11) is 0. The van der Waals surface area contributed by atoms with E-state index in [9.17, 15) is 15.0 Å². The molecule has 0 spiro atoms. The number of carbonyl (C=O) groups excluding carboxylic acids is 1. The van der Waals surface area contributed by atoms with Gasteiger partial charge in [0.15, 0.2) is 0 Å². The fraction of sp³-hybridized carbons (Fsp3) is 0.974. The number of nitrogens with zero attached hydrogens (tertiary/aromatic N) is 1. The lowest BCUT2D eigenvalue weighted by atomic mass is 10.0. The summed E-state index contributed by atoms with van der Waals surface area (Å²) in [5.74, 6) is 0.998. The summed E-state index contributed by atoms with van der Waals surface area (Å²) in [6.45, 7) is 11.0. The highest BCUT2D eigenvalue weighted by molar-refractivity contribution is 5.75. The average Bonchev–Trinajstić information content (AvgIpc) is 3.01. The number of hydrogen-bond donors (Lipinski definition) is 3. The molecular formula is C38H78N2O4. The van der Waals surface area contributed by atoms with E-state index in [1.54, 1.807) is 0 Å². The van der Waals surface area contributed by atoms with E-state index in [4.69, 9.17) is 4.74 Å². The molecule has 0 radical (unpaired) electrons. The van der Waals surface area contributed by atoms with Gasteiger partial charge in [0.25, 0.3) is 0 Å². The normalized spacial score (nSPS) is 12.4. The molecule has 1 unspecified atom stereocenters. The molecule has 0 saturated carbocycles. The molecule has 0 rings (SSSR count). The molecule has 0 saturated heterocycles. The maximum absolute atomic E-state index is 12.2. The van der Waals surface area contributed by atoms with Gasteiger partial charge in [-0.3, -0.25) is 4.79 Å². The Labute approximate surface area is 274 Å². The second kappa shape index (κ2) is 35.2. The molecule has 3 N–H and O–H groups in total. The van der Waals surface area contributed by atoms with Crippen molar-refractivity contribution < 1.29 is 19.7 Å². The van der Waals surface area contributed by atoms with E-state index in [0.717, 1.165) is 64.3 Å². The first kappa shape index (κ1) is 43.3. The fourth-order valence-corrected chi connectivity index (χ4v) is 5.88. The highest BCUT2D eigenvalue weighted by atomic mass is 16.5. The standard InChI is InChI=1S/C38H78N2O4/c1-4-5-6-7-8-9-10-11-12-13-17-20-23-28-38(43)39-29-25-30-40(34-37(42)35-41)31-26-33-44-32-24-21-18-15-14-16-19-22-27-36(2)3/h36-37,41-42H,4-35H2,1-3H3,(H,39,43). The summed E-state index contributed by atoms with van der Waals surface area (Å²) in [5.41, 5.74) is 0. The third-order valence-corrected chi connectivity index (χ3v) is 8.74. The highest BCUT2D eigenvalue weighted by Gasteiger charge is 2.11. The van der Waals surface area contributed by atoms with Gasteiger partial charge in [-0.05, 0) is 38.1 Å². The van der Waals surface area contributed by atoms with Crippen LogP contribution in [0.25, 0.3) is 0 Å². The SMILES string of the molecule is CCCCCCCCCCCCCCCC(=O)NCCCN(CCCOCCCCCCCCCCC(C)C)CC(O)CO. The van der Waals surface area contributed by atoms with Gasteiger partial charge in [-0.2, -0.15) is 0 Å². The van der Waals surface area contributed by atoms with Crippen LogP contribution in [0.3, 0.4) is 0 Å². The van der Waals surface area contributed by atoms with Crippen molar-refractivity contribution in [1.29, 1.82) is 0 Å². The zero-order valence-electron chi connectivity index (χ0n) is 29.9. The third kappa shape index (κ3) is 34.2. The molecule has 6 nitrogen and oxygen atoms in total. The molecule has 0 aromatic rings. The Morgan fingerprint density at radius 2 is 1.14 bits per heavy atom. The van der Waals surface area contributed by atoms with Crippen molar-refractivity contribution in [2.24, 2.45) is 5.92 Å². The predicted molar refractivity (Wildman–Crippen MR) is 189 cm³/mol. The molecule has 0 aliphatic rings. The first-order chi connectivity index (χ1) is 21.5. The lowest BCUT2D eigenvalue weighted by Gasteiger charge is -2.24. The molecule has 6 heteroatoms. The lowest BCUT2D eigenvalue weighted by Crippen LogP contribution is -2.37. The molecule has 0 aromatic heterocycles. The van der Waals surface area contributed by atoms with Crippen LogP contribution in [0.15, 0.2) is 0 Å². The molecule has 264 valence electrons. The van der Waals surface area contributed by atoms with E-state index in [0.29, 0.717) is 19.5 Å². The van der Waals surface area contributed by atoms with Crippen molar-refractivity contribution in [3.05, 3.63) is 0 Å². The van der Waals surface area contributed by atoms with E-state index in [2.05, 4.69) is 31.0 Å². The number of carbonyl (C=O) groups is 1. The molecule has 1 atom stereocenters. The molecule has 0 heterocycles. The molecule has 0 aliphatic carbocycles. The zero-order valence-corrected chi connectivity index (χ0v) is 29.9. The summed E-state index contributed by atoms with van der Waals surface area (Å²) >= 11 is 0.